The largest absolute Gasteiger partial charge is 0.382 e. The van der Waals surface area contributed by atoms with E-state index in [-0.39, 0.29) is 5.78 Å². The van der Waals surface area contributed by atoms with Crippen molar-refractivity contribution in [2.75, 3.05) is 13.2 Å². The molecule has 0 aliphatic rings. The highest BCUT2D eigenvalue weighted by Gasteiger charge is 1.98. The van der Waals surface area contributed by atoms with Crippen LogP contribution in [-0.2, 0) is 16.1 Å². The summed E-state index contributed by atoms with van der Waals surface area (Å²) in [5.74, 6) is 0.141. The summed E-state index contributed by atoms with van der Waals surface area (Å²) in [5.41, 5.74) is 2.24. The first kappa shape index (κ1) is 16.2. The fraction of sp³-hybridized carbons (Fsp3) is 0.333. The van der Waals surface area contributed by atoms with Crippen molar-refractivity contribution < 1.29 is 9.53 Å². The molecule has 4 heteroatoms. The minimum atomic E-state index is 0.141. The molecule has 1 heterocycles. The number of nitrogens with zero attached hydrogens (tertiary/aromatic N) is 2. The molecule has 0 unspecified atom stereocenters. The number of rotatable bonds is 9. The Morgan fingerprint density at radius 1 is 1.32 bits per heavy atom. The van der Waals surface area contributed by atoms with Gasteiger partial charge in [-0.05, 0) is 30.5 Å². The predicted molar refractivity (Wildman–Crippen MR) is 87.5 cm³/mol. The number of hydrogen-bond acceptors (Lipinski definition) is 3. The lowest BCUT2D eigenvalue weighted by Crippen LogP contribution is -1.98. The van der Waals surface area contributed by atoms with E-state index in [4.69, 9.17) is 4.74 Å². The monoisotopic (exact) mass is 298 g/mol. The molecule has 4 nitrogen and oxygen atoms in total. The molecule has 0 fully saturated rings. The van der Waals surface area contributed by atoms with Gasteiger partial charge in [0.15, 0.2) is 5.78 Å². The van der Waals surface area contributed by atoms with Crippen LogP contribution >= 0.6 is 0 Å². The fourth-order valence-electron chi connectivity index (χ4n) is 2.09. The van der Waals surface area contributed by atoms with Crippen molar-refractivity contribution in [1.29, 1.82) is 0 Å². The molecule has 0 saturated carbocycles. The van der Waals surface area contributed by atoms with Gasteiger partial charge in [-0.15, -0.1) is 0 Å². The minimum Gasteiger partial charge on any atom is -0.382 e. The van der Waals surface area contributed by atoms with Crippen LogP contribution < -0.4 is 0 Å². The summed E-state index contributed by atoms with van der Waals surface area (Å²) in [5, 5.41) is 0. The Kier molecular flexibility index (Phi) is 6.58. The van der Waals surface area contributed by atoms with Crippen LogP contribution in [0.15, 0.2) is 49.1 Å². The molecule has 0 bridgehead atoms. The van der Waals surface area contributed by atoms with Gasteiger partial charge in [0.25, 0.3) is 0 Å². The molecule has 0 aliphatic heterocycles. The van der Waals surface area contributed by atoms with Crippen LogP contribution in [-0.4, -0.2) is 28.5 Å². The van der Waals surface area contributed by atoms with Gasteiger partial charge in [0.2, 0.25) is 0 Å². The lowest BCUT2D eigenvalue weighted by atomic mass is 10.1. The maximum absolute atomic E-state index is 11.7. The summed E-state index contributed by atoms with van der Waals surface area (Å²) in [6.45, 7) is 4.12. The zero-order valence-electron chi connectivity index (χ0n) is 12.9. The summed E-state index contributed by atoms with van der Waals surface area (Å²) in [7, 11) is 0. The standard InChI is InChI=1S/C18H22N2O2/c1-2-22-13-3-4-18(21)10-9-16-5-7-17(8-6-16)14-20-12-11-19-15-20/h5-12,15H,2-4,13-14H2,1H3/b10-9+. The van der Waals surface area contributed by atoms with Crippen LogP contribution in [0.2, 0.25) is 0 Å². The summed E-state index contributed by atoms with van der Waals surface area (Å²) in [4.78, 5) is 15.7. The molecule has 0 amide bonds. The number of benzene rings is 1. The van der Waals surface area contributed by atoms with E-state index in [1.807, 2.05) is 35.9 Å². The summed E-state index contributed by atoms with van der Waals surface area (Å²) in [6.07, 6.45) is 10.3. The highest BCUT2D eigenvalue weighted by Crippen LogP contribution is 2.08. The van der Waals surface area contributed by atoms with E-state index < -0.39 is 0 Å². The van der Waals surface area contributed by atoms with Crippen LogP contribution in [0.3, 0.4) is 0 Å². The van der Waals surface area contributed by atoms with Crippen LogP contribution in [0.25, 0.3) is 6.08 Å². The van der Waals surface area contributed by atoms with Gasteiger partial charge in [0.1, 0.15) is 0 Å². The number of ether oxygens (including phenoxy) is 1. The van der Waals surface area contributed by atoms with Crippen LogP contribution in [0, 0.1) is 0 Å². The Labute approximate surface area is 131 Å². The van der Waals surface area contributed by atoms with Crippen molar-refractivity contribution in [3.8, 4) is 0 Å². The normalized spacial score (nSPS) is 11.1. The molecular weight excluding hydrogens is 276 g/mol. The average molecular weight is 298 g/mol. The van der Waals surface area contributed by atoms with E-state index in [0.29, 0.717) is 19.6 Å². The van der Waals surface area contributed by atoms with Crippen molar-refractivity contribution in [2.24, 2.45) is 0 Å². The Hall–Kier alpha value is -2.20. The fourth-order valence-corrected chi connectivity index (χ4v) is 2.09. The van der Waals surface area contributed by atoms with Crippen LogP contribution in [0.4, 0.5) is 0 Å². The molecule has 2 aromatic rings. The van der Waals surface area contributed by atoms with Gasteiger partial charge in [-0.25, -0.2) is 4.98 Å². The van der Waals surface area contributed by atoms with E-state index in [9.17, 15) is 4.79 Å². The highest BCUT2D eigenvalue weighted by molar-refractivity contribution is 5.93. The van der Waals surface area contributed by atoms with Gasteiger partial charge >= 0.3 is 0 Å². The average Bonchev–Trinajstić information content (AvgIpc) is 3.04. The van der Waals surface area contributed by atoms with Crippen molar-refractivity contribution in [1.82, 2.24) is 9.55 Å². The van der Waals surface area contributed by atoms with Gasteiger partial charge < -0.3 is 9.30 Å². The third-order valence-electron chi connectivity index (χ3n) is 3.28. The Morgan fingerprint density at radius 2 is 2.14 bits per heavy atom. The molecule has 0 saturated heterocycles. The molecule has 116 valence electrons. The molecule has 22 heavy (non-hydrogen) atoms. The number of hydrogen-bond donors (Lipinski definition) is 0. The van der Waals surface area contributed by atoms with Gasteiger partial charge in [-0.2, -0.15) is 0 Å². The highest BCUT2D eigenvalue weighted by atomic mass is 16.5. The van der Waals surface area contributed by atoms with Crippen LogP contribution in [0.5, 0.6) is 0 Å². The van der Waals surface area contributed by atoms with Crippen molar-refractivity contribution >= 4 is 11.9 Å². The topological polar surface area (TPSA) is 44.1 Å². The predicted octanol–water partition coefficient (Wildman–Crippen LogP) is 3.33. The maximum atomic E-state index is 11.7. The van der Waals surface area contributed by atoms with Crippen molar-refractivity contribution in [2.45, 2.75) is 26.3 Å². The van der Waals surface area contributed by atoms with Crippen molar-refractivity contribution in [3.63, 3.8) is 0 Å². The SMILES string of the molecule is CCOCCCC(=O)/C=C/c1ccc(Cn2ccnc2)cc1. The molecule has 0 aliphatic carbocycles. The lowest BCUT2D eigenvalue weighted by Gasteiger charge is -2.03. The molecule has 0 N–H and O–H groups in total. The van der Waals surface area contributed by atoms with Gasteiger partial charge in [0.05, 0.1) is 6.33 Å². The number of imidazole rings is 1. The first-order chi connectivity index (χ1) is 10.8. The Balaban J connectivity index is 1.80. The van der Waals surface area contributed by atoms with Gasteiger partial charge in [-0.3, -0.25) is 4.79 Å². The summed E-state index contributed by atoms with van der Waals surface area (Å²) in [6, 6.07) is 8.19. The van der Waals surface area contributed by atoms with E-state index in [1.54, 1.807) is 18.6 Å². The second kappa shape index (κ2) is 8.95. The zero-order chi connectivity index (χ0) is 15.6. The quantitative estimate of drug-likeness (QED) is 0.527. The summed E-state index contributed by atoms with van der Waals surface area (Å²) >= 11 is 0. The molecule has 1 aromatic carbocycles. The van der Waals surface area contributed by atoms with E-state index in [0.717, 1.165) is 18.5 Å². The third kappa shape index (κ3) is 5.66. The zero-order valence-corrected chi connectivity index (χ0v) is 12.9. The summed E-state index contributed by atoms with van der Waals surface area (Å²) < 4.78 is 7.24. The van der Waals surface area contributed by atoms with Crippen molar-refractivity contribution in [3.05, 3.63) is 60.2 Å². The van der Waals surface area contributed by atoms with E-state index >= 15 is 0 Å². The number of carbonyl (C=O) groups excluding carboxylic acids is 1. The lowest BCUT2D eigenvalue weighted by molar-refractivity contribution is -0.114. The Morgan fingerprint density at radius 3 is 2.82 bits per heavy atom. The first-order valence-corrected chi connectivity index (χ1v) is 7.61. The molecule has 0 spiro atoms. The minimum absolute atomic E-state index is 0.141. The molecular formula is C18H22N2O2. The first-order valence-electron chi connectivity index (χ1n) is 7.61. The van der Waals surface area contributed by atoms with Crippen LogP contribution in [0.1, 0.15) is 30.9 Å². The molecule has 0 radical (unpaired) electrons. The molecule has 0 atom stereocenters. The maximum Gasteiger partial charge on any atom is 0.155 e. The second-order valence-corrected chi connectivity index (χ2v) is 5.08. The smallest absolute Gasteiger partial charge is 0.155 e. The number of carbonyl (C=O) groups is 1. The van der Waals surface area contributed by atoms with Gasteiger partial charge in [-0.1, -0.05) is 30.3 Å². The Bertz CT molecular complexity index is 586. The molecule has 2 rings (SSSR count). The van der Waals surface area contributed by atoms with Gasteiger partial charge in [0, 0.05) is 38.6 Å². The number of aromatic nitrogens is 2. The van der Waals surface area contributed by atoms with E-state index in [2.05, 4.69) is 17.1 Å². The third-order valence-corrected chi connectivity index (χ3v) is 3.28. The molecule has 1 aromatic heterocycles. The van der Waals surface area contributed by atoms with E-state index in [1.165, 1.54) is 5.56 Å². The number of ketones is 1. The second-order valence-electron chi connectivity index (χ2n) is 5.08. The number of allylic oxidation sites excluding steroid dienone is 1.